The van der Waals surface area contributed by atoms with Crippen molar-refractivity contribution in [3.05, 3.63) is 52.7 Å². The highest BCUT2D eigenvalue weighted by Crippen LogP contribution is 2.19. The summed E-state index contributed by atoms with van der Waals surface area (Å²) in [6, 6.07) is 9.14. The molecule has 1 aromatic carbocycles. The van der Waals surface area contributed by atoms with Crippen LogP contribution in [0.2, 0.25) is 5.02 Å². The number of benzene rings is 1. The molecule has 1 aliphatic heterocycles. The van der Waals surface area contributed by atoms with Crippen molar-refractivity contribution in [3.63, 3.8) is 0 Å². The van der Waals surface area contributed by atoms with E-state index in [0.29, 0.717) is 11.6 Å². The first-order valence-electron chi connectivity index (χ1n) is 8.71. The van der Waals surface area contributed by atoms with Gasteiger partial charge in [0.2, 0.25) is 0 Å². The van der Waals surface area contributed by atoms with Crippen molar-refractivity contribution in [1.29, 1.82) is 0 Å². The van der Waals surface area contributed by atoms with Crippen LogP contribution in [0.4, 0.5) is 16.3 Å². The molecular formula is C19H24ClN5O. The average molecular weight is 374 g/mol. The molecule has 0 aliphatic carbocycles. The summed E-state index contributed by atoms with van der Waals surface area (Å²) in [5.74, 6) is 0.989. The maximum atomic E-state index is 12.1. The van der Waals surface area contributed by atoms with Crippen LogP contribution in [0.3, 0.4) is 0 Å². The van der Waals surface area contributed by atoms with Gasteiger partial charge in [-0.25, -0.2) is 9.78 Å². The molecule has 1 saturated heterocycles. The number of carbonyl (C=O) groups is 1. The number of aromatic nitrogens is 1. The van der Waals surface area contributed by atoms with Crippen LogP contribution in [0, 0.1) is 6.92 Å². The molecule has 0 bridgehead atoms. The van der Waals surface area contributed by atoms with Gasteiger partial charge in [0, 0.05) is 49.6 Å². The fourth-order valence-corrected chi connectivity index (χ4v) is 3.09. The smallest absolute Gasteiger partial charge is 0.319 e. The lowest BCUT2D eigenvalue weighted by Crippen LogP contribution is -2.44. The van der Waals surface area contributed by atoms with Crippen molar-refractivity contribution < 1.29 is 4.79 Å². The Morgan fingerprint density at radius 3 is 2.62 bits per heavy atom. The van der Waals surface area contributed by atoms with E-state index in [-0.39, 0.29) is 6.03 Å². The monoisotopic (exact) mass is 373 g/mol. The average Bonchev–Trinajstić information content (AvgIpc) is 2.63. The van der Waals surface area contributed by atoms with E-state index in [4.69, 9.17) is 11.6 Å². The highest BCUT2D eigenvalue weighted by atomic mass is 35.5. The predicted molar refractivity (Wildman–Crippen MR) is 106 cm³/mol. The first-order valence-corrected chi connectivity index (χ1v) is 9.08. The van der Waals surface area contributed by atoms with Gasteiger partial charge in [0.1, 0.15) is 5.82 Å². The second-order valence-corrected chi connectivity index (χ2v) is 7.02. The molecule has 138 valence electrons. The van der Waals surface area contributed by atoms with Crippen LogP contribution in [0.1, 0.15) is 11.1 Å². The largest absolute Gasteiger partial charge is 0.354 e. The number of nitrogens with zero attached hydrogens (tertiary/aromatic N) is 3. The summed E-state index contributed by atoms with van der Waals surface area (Å²) in [5.41, 5.74) is 2.63. The molecule has 6 nitrogen and oxygen atoms in total. The minimum Gasteiger partial charge on any atom is -0.354 e. The normalized spacial score (nSPS) is 15.0. The standard InChI is InChI=1S/C19H24ClN5O/c1-14-11-16(20)4-5-17(14)23-19(26)22-13-15-3-6-18(21-12-15)25-9-7-24(2)8-10-25/h3-6,11-12H,7-10,13H2,1-2H3,(H2,22,23,26). The van der Waals surface area contributed by atoms with E-state index >= 15 is 0 Å². The van der Waals surface area contributed by atoms with Gasteiger partial charge < -0.3 is 20.4 Å². The number of amides is 2. The summed E-state index contributed by atoms with van der Waals surface area (Å²) >= 11 is 5.93. The van der Waals surface area contributed by atoms with Crippen molar-refractivity contribution in [3.8, 4) is 0 Å². The van der Waals surface area contributed by atoms with Gasteiger partial charge in [-0.1, -0.05) is 17.7 Å². The zero-order valence-electron chi connectivity index (χ0n) is 15.1. The lowest BCUT2D eigenvalue weighted by Gasteiger charge is -2.33. The quantitative estimate of drug-likeness (QED) is 0.864. The summed E-state index contributed by atoms with van der Waals surface area (Å²) in [6.45, 7) is 6.41. The van der Waals surface area contributed by atoms with Gasteiger partial charge in [-0.05, 0) is 49.4 Å². The highest BCUT2D eigenvalue weighted by Gasteiger charge is 2.15. The Kier molecular flexibility index (Phi) is 5.96. The first-order chi connectivity index (χ1) is 12.5. The molecule has 0 unspecified atom stereocenters. The van der Waals surface area contributed by atoms with Crippen LogP contribution in [0.15, 0.2) is 36.5 Å². The molecule has 7 heteroatoms. The second-order valence-electron chi connectivity index (χ2n) is 6.58. The minimum absolute atomic E-state index is 0.251. The summed E-state index contributed by atoms with van der Waals surface area (Å²) in [6.07, 6.45) is 1.82. The molecule has 3 rings (SSSR count). The lowest BCUT2D eigenvalue weighted by molar-refractivity contribution is 0.251. The van der Waals surface area contributed by atoms with Crippen molar-refractivity contribution in [2.24, 2.45) is 0 Å². The Hall–Kier alpha value is -2.31. The Labute approximate surface area is 159 Å². The number of carbonyl (C=O) groups excluding carboxylic acids is 1. The van der Waals surface area contributed by atoms with Gasteiger partial charge in [-0.3, -0.25) is 0 Å². The molecule has 2 heterocycles. The number of hydrogen-bond donors (Lipinski definition) is 2. The van der Waals surface area contributed by atoms with Gasteiger partial charge in [-0.15, -0.1) is 0 Å². The number of aryl methyl sites for hydroxylation is 1. The van der Waals surface area contributed by atoms with E-state index in [1.807, 2.05) is 31.3 Å². The molecule has 0 radical (unpaired) electrons. The van der Waals surface area contributed by atoms with Gasteiger partial charge in [0.25, 0.3) is 0 Å². The number of rotatable bonds is 4. The third-order valence-corrected chi connectivity index (χ3v) is 4.76. The van der Waals surface area contributed by atoms with Crippen LogP contribution >= 0.6 is 11.6 Å². The van der Waals surface area contributed by atoms with Crippen LogP contribution in [-0.4, -0.2) is 49.1 Å². The van der Waals surface area contributed by atoms with E-state index in [0.717, 1.165) is 48.8 Å². The number of likely N-dealkylation sites (N-methyl/N-ethyl adjacent to an activating group) is 1. The summed E-state index contributed by atoms with van der Waals surface area (Å²) < 4.78 is 0. The van der Waals surface area contributed by atoms with Gasteiger partial charge in [-0.2, -0.15) is 0 Å². The number of halogens is 1. The fourth-order valence-electron chi connectivity index (χ4n) is 2.86. The maximum absolute atomic E-state index is 12.1. The van der Waals surface area contributed by atoms with Crippen LogP contribution in [0.5, 0.6) is 0 Å². The first kappa shape index (κ1) is 18.5. The van der Waals surface area contributed by atoms with Crippen molar-refractivity contribution in [2.75, 3.05) is 43.4 Å². The van der Waals surface area contributed by atoms with Gasteiger partial charge >= 0.3 is 6.03 Å². The molecular weight excluding hydrogens is 350 g/mol. The fraction of sp³-hybridized carbons (Fsp3) is 0.368. The number of nitrogens with one attached hydrogen (secondary N) is 2. The maximum Gasteiger partial charge on any atom is 0.319 e. The van der Waals surface area contributed by atoms with Crippen molar-refractivity contribution in [1.82, 2.24) is 15.2 Å². The third-order valence-electron chi connectivity index (χ3n) is 4.53. The molecule has 1 fully saturated rings. The molecule has 0 spiro atoms. The Balaban J connectivity index is 1.50. The number of pyridine rings is 1. The molecule has 0 atom stereocenters. The predicted octanol–water partition coefficient (Wildman–Crippen LogP) is 3.12. The number of hydrogen-bond acceptors (Lipinski definition) is 4. The van der Waals surface area contributed by atoms with E-state index < -0.39 is 0 Å². The molecule has 2 N–H and O–H groups in total. The Bertz CT molecular complexity index is 757. The van der Waals surface area contributed by atoms with E-state index in [2.05, 4.69) is 32.5 Å². The zero-order valence-corrected chi connectivity index (χ0v) is 15.9. The zero-order chi connectivity index (χ0) is 18.5. The summed E-state index contributed by atoms with van der Waals surface area (Å²) in [4.78, 5) is 21.2. The third kappa shape index (κ3) is 4.86. The molecule has 26 heavy (non-hydrogen) atoms. The molecule has 0 saturated carbocycles. The molecule has 2 aromatic rings. The Morgan fingerprint density at radius 1 is 1.19 bits per heavy atom. The minimum atomic E-state index is -0.251. The second kappa shape index (κ2) is 8.38. The van der Waals surface area contributed by atoms with Crippen molar-refractivity contribution in [2.45, 2.75) is 13.5 Å². The molecule has 1 aliphatic rings. The van der Waals surface area contributed by atoms with E-state index in [1.54, 1.807) is 12.1 Å². The SMILES string of the molecule is Cc1cc(Cl)ccc1NC(=O)NCc1ccc(N2CCN(C)CC2)nc1. The highest BCUT2D eigenvalue weighted by molar-refractivity contribution is 6.30. The number of anilines is 2. The van der Waals surface area contributed by atoms with Gasteiger partial charge in [0.15, 0.2) is 0 Å². The van der Waals surface area contributed by atoms with Crippen LogP contribution in [0.25, 0.3) is 0 Å². The number of urea groups is 1. The van der Waals surface area contributed by atoms with E-state index in [9.17, 15) is 4.79 Å². The van der Waals surface area contributed by atoms with Gasteiger partial charge in [0.05, 0.1) is 0 Å². The summed E-state index contributed by atoms with van der Waals surface area (Å²) in [7, 11) is 2.14. The van der Waals surface area contributed by atoms with Crippen molar-refractivity contribution >= 4 is 29.1 Å². The van der Waals surface area contributed by atoms with Crippen LogP contribution in [-0.2, 0) is 6.54 Å². The topological polar surface area (TPSA) is 60.5 Å². The summed E-state index contributed by atoms with van der Waals surface area (Å²) in [5, 5.41) is 6.34. The Morgan fingerprint density at radius 2 is 1.96 bits per heavy atom. The molecule has 2 amide bonds. The molecule has 1 aromatic heterocycles. The lowest BCUT2D eigenvalue weighted by atomic mass is 10.2. The van der Waals surface area contributed by atoms with E-state index in [1.165, 1.54) is 0 Å². The number of piperazine rings is 1. The van der Waals surface area contributed by atoms with Crippen LogP contribution < -0.4 is 15.5 Å².